The number of rotatable bonds is 5. The van der Waals surface area contributed by atoms with Gasteiger partial charge in [-0.3, -0.25) is 9.59 Å². The lowest BCUT2D eigenvalue weighted by molar-refractivity contribution is 0.0994. The second-order valence-electron chi connectivity index (χ2n) is 4.64. The van der Waals surface area contributed by atoms with E-state index in [9.17, 15) is 9.59 Å². The molecule has 0 aliphatic carbocycles. The third-order valence-electron chi connectivity index (χ3n) is 2.97. The van der Waals surface area contributed by atoms with Gasteiger partial charge in [-0.2, -0.15) is 0 Å². The van der Waals surface area contributed by atoms with Gasteiger partial charge in [-0.05, 0) is 46.6 Å². The van der Waals surface area contributed by atoms with Crippen LogP contribution in [0.5, 0.6) is 0 Å². The van der Waals surface area contributed by atoms with Crippen LogP contribution in [-0.4, -0.2) is 16.4 Å². The third-order valence-corrected chi connectivity index (χ3v) is 3.40. The van der Waals surface area contributed by atoms with Gasteiger partial charge in [-0.1, -0.05) is 13.0 Å². The second kappa shape index (κ2) is 6.58. The van der Waals surface area contributed by atoms with Crippen molar-refractivity contribution < 1.29 is 9.59 Å². The van der Waals surface area contributed by atoms with Crippen LogP contribution >= 0.6 is 15.9 Å². The Hall–Kier alpha value is -2.08. The molecule has 2 amide bonds. The summed E-state index contributed by atoms with van der Waals surface area (Å²) in [5, 5.41) is 2.78. The molecule has 2 rings (SSSR count). The fourth-order valence-corrected chi connectivity index (χ4v) is 2.50. The highest BCUT2D eigenvalue weighted by molar-refractivity contribution is 9.10. The molecule has 0 bridgehead atoms. The molecule has 110 valence electrons. The predicted molar refractivity (Wildman–Crippen MR) is 85.3 cm³/mol. The first-order chi connectivity index (χ1) is 10.0. The van der Waals surface area contributed by atoms with Gasteiger partial charge in [0.1, 0.15) is 5.69 Å². The zero-order valence-electron chi connectivity index (χ0n) is 11.6. The average Bonchev–Trinajstić information content (AvgIpc) is 2.80. The van der Waals surface area contributed by atoms with Crippen LogP contribution in [0.15, 0.2) is 41.0 Å². The van der Waals surface area contributed by atoms with Crippen molar-refractivity contribution in [3.05, 3.63) is 52.3 Å². The number of nitrogens with one attached hydrogen (secondary N) is 1. The highest BCUT2D eigenvalue weighted by Crippen LogP contribution is 2.18. The first kappa shape index (κ1) is 15.3. The second-order valence-corrected chi connectivity index (χ2v) is 5.55. The van der Waals surface area contributed by atoms with Crippen molar-refractivity contribution in [1.82, 2.24) is 4.57 Å². The summed E-state index contributed by atoms with van der Waals surface area (Å²) in [6.07, 6.45) is 2.80. The Morgan fingerprint density at radius 2 is 2.10 bits per heavy atom. The van der Waals surface area contributed by atoms with Gasteiger partial charge in [-0.25, -0.2) is 0 Å². The number of hydrogen-bond donors (Lipinski definition) is 2. The van der Waals surface area contributed by atoms with E-state index in [1.807, 2.05) is 17.7 Å². The van der Waals surface area contributed by atoms with Gasteiger partial charge in [0.2, 0.25) is 5.91 Å². The van der Waals surface area contributed by atoms with Gasteiger partial charge in [0.05, 0.1) is 0 Å². The van der Waals surface area contributed by atoms with Crippen molar-refractivity contribution in [3.63, 3.8) is 0 Å². The van der Waals surface area contributed by atoms with Crippen molar-refractivity contribution >= 4 is 33.4 Å². The van der Waals surface area contributed by atoms with E-state index in [0.717, 1.165) is 17.4 Å². The van der Waals surface area contributed by atoms with Crippen molar-refractivity contribution in [2.24, 2.45) is 5.73 Å². The Morgan fingerprint density at radius 1 is 1.33 bits per heavy atom. The number of benzene rings is 1. The SMILES string of the molecule is CCCn1cc(Br)cc1C(=O)Nc1cccc(C(N)=O)c1. The van der Waals surface area contributed by atoms with Crippen LogP contribution in [0.1, 0.15) is 34.2 Å². The summed E-state index contributed by atoms with van der Waals surface area (Å²) in [5.74, 6) is -0.751. The smallest absolute Gasteiger partial charge is 0.272 e. The molecule has 3 N–H and O–H groups in total. The molecule has 0 unspecified atom stereocenters. The molecule has 1 heterocycles. The summed E-state index contributed by atoms with van der Waals surface area (Å²) in [6, 6.07) is 8.32. The van der Waals surface area contributed by atoms with Crippen molar-refractivity contribution in [2.75, 3.05) is 5.32 Å². The number of aryl methyl sites for hydroxylation is 1. The lowest BCUT2D eigenvalue weighted by Gasteiger charge is -2.09. The number of nitrogens with two attached hydrogens (primary N) is 1. The molecule has 0 fully saturated rings. The van der Waals surface area contributed by atoms with Crippen LogP contribution in [-0.2, 0) is 6.54 Å². The number of carbonyl (C=O) groups excluding carboxylic acids is 2. The summed E-state index contributed by atoms with van der Waals surface area (Å²) >= 11 is 3.38. The summed E-state index contributed by atoms with van der Waals surface area (Å²) in [5.41, 5.74) is 6.69. The quantitative estimate of drug-likeness (QED) is 0.870. The van der Waals surface area contributed by atoms with Crippen molar-refractivity contribution in [2.45, 2.75) is 19.9 Å². The topological polar surface area (TPSA) is 77.1 Å². The molecule has 0 saturated heterocycles. The number of hydrogen-bond acceptors (Lipinski definition) is 2. The van der Waals surface area contributed by atoms with Crippen LogP contribution in [0.4, 0.5) is 5.69 Å². The van der Waals surface area contributed by atoms with Crippen LogP contribution < -0.4 is 11.1 Å². The van der Waals surface area contributed by atoms with Gasteiger partial charge in [0, 0.05) is 28.5 Å². The van der Waals surface area contributed by atoms with Crippen LogP contribution in [0.3, 0.4) is 0 Å². The largest absolute Gasteiger partial charge is 0.366 e. The van der Waals surface area contributed by atoms with Crippen LogP contribution in [0.2, 0.25) is 0 Å². The Kier molecular flexibility index (Phi) is 4.80. The zero-order valence-corrected chi connectivity index (χ0v) is 13.2. The zero-order chi connectivity index (χ0) is 15.4. The predicted octanol–water partition coefficient (Wildman–Crippen LogP) is 3.01. The molecule has 0 saturated carbocycles. The summed E-state index contributed by atoms with van der Waals surface area (Å²) < 4.78 is 2.74. The minimum Gasteiger partial charge on any atom is -0.366 e. The van der Waals surface area contributed by atoms with E-state index in [2.05, 4.69) is 21.2 Å². The number of aromatic nitrogens is 1. The molecule has 1 aromatic heterocycles. The van der Waals surface area contributed by atoms with E-state index in [1.165, 1.54) is 0 Å². The number of anilines is 1. The number of halogens is 1. The lowest BCUT2D eigenvalue weighted by atomic mass is 10.2. The monoisotopic (exact) mass is 349 g/mol. The van der Waals surface area contributed by atoms with Gasteiger partial charge in [0.25, 0.3) is 5.91 Å². The normalized spacial score (nSPS) is 10.4. The minimum absolute atomic E-state index is 0.226. The number of primary amides is 1. The molecule has 5 nitrogen and oxygen atoms in total. The number of amides is 2. The van der Waals surface area contributed by atoms with Gasteiger partial charge in [0.15, 0.2) is 0 Å². The number of nitrogens with zero attached hydrogens (tertiary/aromatic N) is 1. The maximum atomic E-state index is 12.3. The first-order valence-corrected chi connectivity index (χ1v) is 7.37. The Bertz CT molecular complexity index is 679. The summed E-state index contributed by atoms with van der Waals surface area (Å²) in [7, 11) is 0. The lowest BCUT2D eigenvalue weighted by Crippen LogP contribution is -2.17. The fraction of sp³-hybridized carbons (Fsp3) is 0.200. The van der Waals surface area contributed by atoms with E-state index < -0.39 is 5.91 Å². The Morgan fingerprint density at radius 3 is 2.76 bits per heavy atom. The van der Waals surface area contributed by atoms with Crippen LogP contribution in [0.25, 0.3) is 0 Å². The van der Waals surface area contributed by atoms with Crippen LogP contribution in [0, 0.1) is 0 Å². The molecule has 0 aliphatic rings. The third kappa shape index (κ3) is 3.72. The summed E-state index contributed by atoms with van der Waals surface area (Å²) in [4.78, 5) is 23.5. The van der Waals surface area contributed by atoms with E-state index >= 15 is 0 Å². The molecular weight excluding hydrogens is 334 g/mol. The Labute approximate surface area is 131 Å². The highest BCUT2D eigenvalue weighted by Gasteiger charge is 2.13. The van der Waals surface area contributed by atoms with E-state index in [-0.39, 0.29) is 5.91 Å². The van der Waals surface area contributed by atoms with Gasteiger partial charge in [-0.15, -0.1) is 0 Å². The fourth-order valence-electron chi connectivity index (χ4n) is 2.04. The van der Waals surface area contributed by atoms with E-state index in [0.29, 0.717) is 16.9 Å². The molecule has 21 heavy (non-hydrogen) atoms. The molecule has 0 spiro atoms. The highest BCUT2D eigenvalue weighted by atomic mass is 79.9. The average molecular weight is 350 g/mol. The first-order valence-electron chi connectivity index (χ1n) is 6.58. The maximum Gasteiger partial charge on any atom is 0.272 e. The minimum atomic E-state index is -0.525. The molecule has 0 aliphatic heterocycles. The molecular formula is C15H16BrN3O2. The van der Waals surface area contributed by atoms with E-state index in [4.69, 9.17) is 5.73 Å². The molecule has 0 radical (unpaired) electrons. The molecule has 1 aromatic carbocycles. The molecule has 6 heteroatoms. The molecule has 0 atom stereocenters. The van der Waals surface area contributed by atoms with Gasteiger partial charge < -0.3 is 15.6 Å². The van der Waals surface area contributed by atoms with Crippen molar-refractivity contribution in [3.8, 4) is 0 Å². The molecule has 2 aromatic rings. The standard InChI is InChI=1S/C15H16BrN3O2/c1-2-6-19-9-11(16)8-13(19)15(21)18-12-5-3-4-10(7-12)14(17)20/h3-5,7-9H,2,6H2,1H3,(H2,17,20)(H,18,21). The van der Waals surface area contributed by atoms with Gasteiger partial charge >= 0.3 is 0 Å². The Balaban J connectivity index is 2.22. The number of carbonyl (C=O) groups is 2. The summed E-state index contributed by atoms with van der Waals surface area (Å²) in [6.45, 7) is 2.81. The van der Waals surface area contributed by atoms with E-state index in [1.54, 1.807) is 30.3 Å². The maximum absolute atomic E-state index is 12.3. The van der Waals surface area contributed by atoms with Crippen molar-refractivity contribution in [1.29, 1.82) is 0 Å².